The number of carboxylic acids is 1. The summed E-state index contributed by atoms with van der Waals surface area (Å²) in [5.74, 6) is -2.14. The van der Waals surface area contributed by atoms with Crippen LogP contribution in [-0.2, 0) is 9.59 Å². The van der Waals surface area contributed by atoms with E-state index in [1.54, 1.807) is 0 Å². The molecule has 2 rings (SSSR count). The van der Waals surface area contributed by atoms with Gasteiger partial charge in [-0.25, -0.2) is 4.79 Å². The molecule has 0 fully saturated rings. The maximum Gasteiger partial charge on any atom is 0.329 e. The summed E-state index contributed by atoms with van der Waals surface area (Å²) in [5, 5.41) is 15.3. The lowest BCUT2D eigenvalue weighted by Crippen LogP contribution is -2.54. The van der Waals surface area contributed by atoms with Crippen LogP contribution in [0.2, 0.25) is 5.02 Å². The van der Waals surface area contributed by atoms with E-state index in [1.807, 2.05) is 31.2 Å². The fraction of sp³-hybridized carbons (Fsp3) is 0.353. The zero-order chi connectivity index (χ0) is 18.6. The number of amides is 2. The molecule has 2 aromatic rings. The van der Waals surface area contributed by atoms with Gasteiger partial charge in [0, 0.05) is 10.1 Å². The van der Waals surface area contributed by atoms with Crippen molar-refractivity contribution in [3.8, 4) is 0 Å². The van der Waals surface area contributed by atoms with Gasteiger partial charge in [-0.3, -0.25) is 9.59 Å². The summed E-state index contributed by atoms with van der Waals surface area (Å²) in [6.45, 7) is 2.95. The lowest BCUT2D eigenvalue weighted by molar-refractivity contribution is -0.147. The average molecular weight is 383 g/mol. The molecule has 1 aromatic heterocycles. The van der Waals surface area contributed by atoms with E-state index in [9.17, 15) is 19.5 Å². The van der Waals surface area contributed by atoms with Gasteiger partial charge in [0.15, 0.2) is 0 Å². The molecule has 0 aliphatic rings. The molecule has 1 heterocycles. The van der Waals surface area contributed by atoms with E-state index in [1.165, 1.54) is 18.3 Å². The van der Waals surface area contributed by atoms with Crippen LogP contribution in [0.15, 0.2) is 24.3 Å². The van der Waals surface area contributed by atoms with Crippen LogP contribution in [0.25, 0.3) is 10.1 Å². The van der Waals surface area contributed by atoms with Crippen molar-refractivity contribution in [2.75, 3.05) is 6.54 Å². The van der Waals surface area contributed by atoms with Gasteiger partial charge in [0.1, 0.15) is 10.4 Å². The Morgan fingerprint density at radius 3 is 2.56 bits per heavy atom. The quantitative estimate of drug-likeness (QED) is 0.685. The maximum atomic E-state index is 12.3. The van der Waals surface area contributed by atoms with Gasteiger partial charge in [0.25, 0.3) is 5.91 Å². The first-order valence-electron chi connectivity index (χ1n) is 7.78. The number of hydrogen-bond acceptors (Lipinski definition) is 4. The number of halogens is 1. The molecule has 0 aliphatic heterocycles. The molecule has 0 bridgehead atoms. The van der Waals surface area contributed by atoms with Gasteiger partial charge in [-0.2, -0.15) is 0 Å². The summed E-state index contributed by atoms with van der Waals surface area (Å²) in [5.41, 5.74) is -1.36. The van der Waals surface area contributed by atoms with E-state index in [0.29, 0.717) is 22.7 Å². The van der Waals surface area contributed by atoms with E-state index < -0.39 is 23.3 Å². The molecule has 6 nitrogen and oxygen atoms in total. The first-order valence-corrected chi connectivity index (χ1v) is 8.97. The van der Waals surface area contributed by atoms with Gasteiger partial charge in [0.05, 0.1) is 11.6 Å². The number of aliphatic carboxylic acids is 1. The Morgan fingerprint density at radius 2 is 1.96 bits per heavy atom. The van der Waals surface area contributed by atoms with Crippen molar-refractivity contribution in [3.63, 3.8) is 0 Å². The smallest absolute Gasteiger partial charge is 0.329 e. The zero-order valence-corrected chi connectivity index (χ0v) is 15.5. The number of carboxylic acid groups (broad SMARTS) is 1. The molecule has 0 radical (unpaired) electrons. The average Bonchev–Trinajstić information content (AvgIpc) is 2.90. The van der Waals surface area contributed by atoms with Crippen LogP contribution in [-0.4, -0.2) is 35.0 Å². The Balaban J connectivity index is 2.02. The van der Waals surface area contributed by atoms with Gasteiger partial charge in [-0.15, -0.1) is 11.3 Å². The van der Waals surface area contributed by atoms with Crippen molar-refractivity contribution in [2.45, 2.75) is 32.2 Å². The summed E-state index contributed by atoms with van der Waals surface area (Å²) < 4.78 is 0.878. The van der Waals surface area contributed by atoms with Gasteiger partial charge < -0.3 is 15.7 Å². The maximum absolute atomic E-state index is 12.3. The SMILES string of the molecule is CCCC(C)(NC(=O)CNC(=O)c1sc2ccccc2c1Cl)C(=O)O. The molecule has 0 spiro atoms. The molecule has 0 saturated carbocycles. The Kier molecular flexibility index (Phi) is 6.02. The molecule has 0 saturated heterocycles. The summed E-state index contributed by atoms with van der Waals surface area (Å²) >= 11 is 7.47. The Labute approximate surface area is 154 Å². The highest BCUT2D eigenvalue weighted by atomic mass is 35.5. The molecule has 2 amide bonds. The van der Waals surface area contributed by atoms with Crippen molar-refractivity contribution in [1.29, 1.82) is 0 Å². The van der Waals surface area contributed by atoms with Gasteiger partial charge in [-0.05, 0) is 19.4 Å². The number of benzene rings is 1. The number of hydrogen-bond donors (Lipinski definition) is 3. The highest BCUT2D eigenvalue weighted by molar-refractivity contribution is 7.21. The third-order valence-electron chi connectivity index (χ3n) is 3.79. The third kappa shape index (κ3) is 4.29. The first kappa shape index (κ1) is 19.2. The van der Waals surface area contributed by atoms with Gasteiger partial charge >= 0.3 is 5.97 Å². The number of nitrogens with one attached hydrogen (secondary N) is 2. The predicted molar refractivity (Wildman–Crippen MR) is 98.3 cm³/mol. The van der Waals surface area contributed by atoms with Crippen LogP contribution in [0, 0.1) is 0 Å². The van der Waals surface area contributed by atoms with E-state index >= 15 is 0 Å². The second-order valence-corrected chi connectivity index (χ2v) is 7.29. The Bertz CT molecular complexity index is 820. The summed E-state index contributed by atoms with van der Waals surface area (Å²) in [6, 6.07) is 7.36. The predicted octanol–water partition coefficient (Wildman–Crippen LogP) is 3.04. The number of carbonyl (C=O) groups is 3. The third-order valence-corrected chi connectivity index (χ3v) is 5.46. The molecule has 0 aliphatic carbocycles. The molecule has 25 heavy (non-hydrogen) atoms. The fourth-order valence-electron chi connectivity index (χ4n) is 2.48. The van der Waals surface area contributed by atoms with Crippen molar-refractivity contribution >= 4 is 50.8 Å². The fourth-order valence-corrected chi connectivity index (χ4v) is 3.91. The van der Waals surface area contributed by atoms with E-state index in [-0.39, 0.29) is 6.54 Å². The van der Waals surface area contributed by atoms with Crippen LogP contribution in [0.4, 0.5) is 0 Å². The van der Waals surface area contributed by atoms with Crippen LogP contribution in [0.5, 0.6) is 0 Å². The highest BCUT2D eigenvalue weighted by Crippen LogP contribution is 2.34. The highest BCUT2D eigenvalue weighted by Gasteiger charge is 2.33. The zero-order valence-electron chi connectivity index (χ0n) is 13.9. The largest absolute Gasteiger partial charge is 0.480 e. The lowest BCUT2D eigenvalue weighted by atomic mass is 9.96. The molecule has 1 unspecified atom stereocenters. The lowest BCUT2D eigenvalue weighted by Gasteiger charge is -2.25. The molecule has 1 atom stereocenters. The van der Waals surface area contributed by atoms with Crippen molar-refractivity contribution in [2.24, 2.45) is 0 Å². The van der Waals surface area contributed by atoms with Crippen molar-refractivity contribution in [1.82, 2.24) is 10.6 Å². The van der Waals surface area contributed by atoms with Crippen LogP contribution in [0.3, 0.4) is 0 Å². The number of fused-ring (bicyclic) bond motifs is 1. The number of rotatable bonds is 7. The topological polar surface area (TPSA) is 95.5 Å². The van der Waals surface area contributed by atoms with Crippen molar-refractivity contribution in [3.05, 3.63) is 34.2 Å². The van der Waals surface area contributed by atoms with Gasteiger partial charge in [0.2, 0.25) is 5.91 Å². The Hall–Kier alpha value is -2.12. The van der Waals surface area contributed by atoms with E-state index in [0.717, 1.165) is 10.1 Å². The minimum absolute atomic E-state index is 0.296. The van der Waals surface area contributed by atoms with E-state index in [2.05, 4.69) is 10.6 Å². The summed E-state index contributed by atoms with van der Waals surface area (Å²) in [7, 11) is 0. The molecule has 134 valence electrons. The second-order valence-electron chi connectivity index (χ2n) is 5.86. The van der Waals surface area contributed by atoms with Crippen LogP contribution in [0.1, 0.15) is 36.4 Å². The van der Waals surface area contributed by atoms with E-state index in [4.69, 9.17) is 11.6 Å². The van der Waals surface area contributed by atoms with Crippen LogP contribution < -0.4 is 10.6 Å². The minimum Gasteiger partial charge on any atom is -0.480 e. The summed E-state index contributed by atoms with van der Waals surface area (Å²) in [6.07, 6.45) is 0.900. The number of thiophene rings is 1. The minimum atomic E-state index is -1.36. The molecular weight excluding hydrogens is 364 g/mol. The molecule has 1 aromatic carbocycles. The monoisotopic (exact) mass is 382 g/mol. The molecule has 8 heteroatoms. The van der Waals surface area contributed by atoms with Gasteiger partial charge in [-0.1, -0.05) is 43.1 Å². The normalized spacial score (nSPS) is 13.2. The molecule has 3 N–H and O–H groups in total. The second kappa shape index (κ2) is 7.84. The Morgan fingerprint density at radius 1 is 1.28 bits per heavy atom. The standard InChI is InChI=1S/C17H19ClN2O4S/c1-3-8-17(2,16(23)24)20-12(21)9-19-15(22)14-13(18)10-6-4-5-7-11(10)25-14/h4-7H,3,8-9H2,1-2H3,(H,19,22)(H,20,21)(H,23,24). The molecular formula is C17H19ClN2O4S. The van der Waals surface area contributed by atoms with Crippen molar-refractivity contribution < 1.29 is 19.5 Å². The van der Waals surface area contributed by atoms with Crippen LogP contribution >= 0.6 is 22.9 Å². The summed E-state index contributed by atoms with van der Waals surface area (Å²) in [4.78, 5) is 36.0. The first-order chi connectivity index (χ1) is 11.8. The number of carbonyl (C=O) groups excluding carboxylic acids is 2.